The standard InChI is InChI=1S/C21H29N3O2S/c1-5-17-8-6-7-13-24(17)18(25)14-27-20-23-22-19(26-20)15-9-11-16(12-10-15)21(2,3)4/h9-12,17H,5-8,13-14H2,1-4H3/t17-/m1/s1. The minimum absolute atomic E-state index is 0.111. The second-order valence-electron chi connectivity index (χ2n) is 8.13. The third kappa shape index (κ3) is 4.92. The van der Waals surface area contributed by atoms with Gasteiger partial charge in [0.25, 0.3) is 5.22 Å². The summed E-state index contributed by atoms with van der Waals surface area (Å²) < 4.78 is 5.76. The number of aromatic nitrogens is 2. The number of thioether (sulfide) groups is 1. The van der Waals surface area contributed by atoms with Crippen molar-refractivity contribution >= 4 is 17.7 Å². The summed E-state index contributed by atoms with van der Waals surface area (Å²) in [5.41, 5.74) is 2.27. The zero-order chi connectivity index (χ0) is 19.4. The summed E-state index contributed by atoms with van der Waals surface area (Å²) in [6.45, 7) is 9.58. The highest BCUT2D eigenvalue weighted by Gasteiger charge is 2.25. The van der Waals surface area contributed by atoms with Gasteiger partial charge in [0.15, 0.2) is 0 Å². The molecule has 0 aliphatic carbocycles. The maximum absolute atomic E-state index is 12.6. The van der Waals surface area contributed by atoms with Gasteiger partial charge in [-0.25, -0.2) is 0 Å². The van der Waals surface area contributed by atoms with Crippen molar-refractivity contribution in [2.45, 2.75) is 70.1 Å². The lowest BCUT2D eigenvalue weighted by atomic mass is 9.87. The zero-order valence-corrected chi connectivity index (χ0v) is 17.5. The third-order valence-corrected chi connectivity index (χ3v) is 5.95. The van der Waals surface area contributed by atoms with Crippen LogP contribution in [0.15, 0.2) is 33.9 Å². The minimum atomic E-state index is 0.111. The largest absolute Gasteiger partial charge is 0.411 e. The van der Waals surface area contributed by atoms with Crippen molar-refractivity contribution in [3.8, 4) is 11.5 Å². The Hall–Kier alpha value is -1.82. The number of carbonyl (C=O) groups is 1. The van der Waals surface area contributed by atoms with E-state index in [-0.39, 0.29) is 11.3 Å². The molecule has 3 rings (SSSR count). The summed E-state index contributed by atoms with van der Waals surface area (Å²) in [5, 5.41) is 8.68. The van der Waals surface area contributed by atoms with Crippen LogP contribution in [0.2, 0.25) is 0 Å². The lowest BCUT2D eigenvalue weighted by Gasteiger charge is -2.35. The first-order valence-corrected chi connectivity index (χ1v) is 10.7. The molecule has 0 unspecified atom stereocenters. The van der Waals surface area contributed by atoms with Gasteiger partial charge in [0, 0.05) is 18.2 Å². The van der Waals surface area contributed by atoms with Crippen molar-refractivity contribution in [3.63, 3.8) is 0 Å². The van der Waals surface area contributed by atoms with E-state index in [2.05, 4.69) is 50.0 Å². The fourth-order valence-corrected chi connectivity index (χ4v) is 4.11. The highest BCUT2D eigenvalue weighted by Crippen LogP contribution is 2.28. The van der Waals surface area contributed by atoms with E-state index in [1.54, 1.807) is 0 Å². The average molecular weight is 388 g/mol. The molecule has 1 aliphatic rings. The number of likely N-dealkylation sites (tertiary alicyclic amines) is 1. The van der Waals surface area contributed by atoms with Gasteiger partial charge in [-0.2, -0.15) is 0 Å². The Labute approximate surface area is 165 Å². The molecular weight excluding hydrogens is 358 g/mol. The summed E-state index contributed by atoms with van der Waals surface area (Å²) in [6, 6.07) is 8.58. The van der Waals surface area contributed by atoms with Crippen LogP contribution in [0.1, 0.15) is 58.9 Å². The number of hydrogen-bond acceptors (Lipinski definition) is 5. The molecule has 1 amide bonds. The SMILES string of the molecule is CC[C@@H]1CCCCN1C(=O)CSc1nnc(-c2ccc(C(C)(C)C)cc2)o1. The molecule has 146 valence electrons. The maximum atomic E-state index is 12.6. The van der Waals surface area contributed by atoms with E-state index >= 15 is 0 Å². The van der Waals surface area contributed by atoms with Gasteiger partial charge in [-0.1, -0.05) is 51.6 Å². The quantitative estimate of drug-likeness (QED) is 0.682. The molecule has 27 heavy (non-hydrogen) atoms. The van der Waals surface area contributed by atoms with Crippen LogP contribution in [0.4, 0.5) is 0 Å². The Morgan fingerprint density at radius 2 is 1.96 bits per heavy atom. The van der Waals surface area contributed by atoms with E-state index in [9.17, 15) is 4.79 Å². The predicted molar refractivity (Wildman–Crippen MR) is 109 cm³/mol. The van der Waals surface area contributed by atoms with Gasteiger partial charge in [0.1, 0.15) is 0 Å². The number of nitrogens with zero attached hydrogens (tertiary/aromatic N) is 3. The van der Waals surface area contributed by atoms with Crippen molar-refractivity contribution in [2.75, 3.05) is 12.3 Å². The van der Waals surface area contributed by atoms with Crippen molar-refractivity contribution in [2.24, 2.45) is 0 Å². The maximum Gasteiger partial charge on any atom is 0.277 e. The van der Waals surface area contributed by atoms with Crippen LogP contribution in [0.3, 0.4) is 0 Å². The Kier molecular flexibility index (Phi) is 6.25. The van der Waals surface area contributed by atoms with Gasteiger partial charge in [-0.15, -0.1) is 10.2 Å². The van der Waals surface area contributed by atoms with Gasteiger partial charge in [-0.3, -0.25) is 4.79 Å². The average Bonchev–Trinajstić information content (AvgIpc) is 3.14. The van der Waals surface area contributed by atoms with E-state index in [0.717, 1.165) is 31.4 Å². The van der Waals surface area contributed by atoms with Crippen LogP contribution in [-0.4, -0.2) is 39.3 Å². The summed E-state index contributed by atoms with van der Waals surface area (Å²) in [4.78, 5) is 14.6. The van der Waals surface area contributed by atoms with Crippen LogP contribution >= 0.6 is 11.8 Å². The molecule has 6 heteroatoms. The smallest absolute Gasteiger partial charge is 0.277 e. The summed E-state index contributed by atoms with van der Waals surface area (Å²) >= 11 is 1.33. The summed E-state index contributed by atoms with van der Waals surface area (Å²) in [7, 11) is 0. The first kappa shape index (κ1) is 19.9. The Bertz CT molecular complexity index is 764. The third-order valence-electron chi connectivity index (χ3n) is 5.14. The Morgan fingerprint density at radius 3 is 2.63 bits per heavy atom. The number of carbonyl (C=O) groups excluding carboxylic acids is 1. The highest BCUT2D eigenvalue weighted by molar-refractivity contribution is 7.99. The van der Waals surface area contributed by atoms with Crippen LogP contribution in [0.5, 0.6) is 0 Å². The molecule has 5 nitrogen and oxygen atoms in total. The molecule has 0 spiro atoms. The molecule has 0 saturated carbocycles. The summed E-state index contributed by atoms with van der Waals surface area (Å²) in [5.74, 6) is 1.01. The van der Waals surface area contributed by atoms with Crippen LogP contribution in [-0.2, 0) is 10.2 Å². The Morgan fingerprint density at radius 1 is 1.22 bits per heavy atom. The Balaban J connectivity index is 1.60. The number of piperidine rings is 1. The lowest BCUT2D eigenvalue weighted by molar-refractivity contribution is -0.132. The van der Waals surface area contributed by atoms with Crippen molar-refractivity contribution < 1.29 is 9.21 Å². The minimum Gasteiger partial charge on any atom is -0.411 e. The topological polar surface area (TPSA) is 59.2 Å². The van der Waals surface area contributed by atoms with Crippen LogP contribution in [0.25, 0.3) is 11.5 Å². The summed E-state index contributed by atoms with van der Waals surface area (Å²) in [6.07, 6.45) is 4.45. The molecule has 1 aromatic carbocycles. The normalized spacial score (nSPS) is 17.9. The molecule has 2 heterocycles. The molecule has 1 atom stereocenters. The van der Waals surface area contributed by atoms with Gasteiger partial charge >= 0.3 is 0 Å². The molecule has 0 bridgehead atoms. The van der Waals surface area contributed by atoms with Gasteiger partial charge in [0.05, 0.1) is 5.75 Å². The molecule has 1 aliphatic heterocycles. The van der Waals surface area contributed by atoms with Crippen molar-refractivity contribution in [3.05, 3.63) is 29.8 Å². The highest BCUT2D eigenvalue weighted by atomic mass is 32.2. The van der Waals surface area contributed by atoms with Crippen LogP contribution < -0.4 is 0 Å². The molecular formula is C21H29N3O2S. The van der Waals surface area contributed by atoms with Gasteiger partial charge in [-0.05, 0) is 48.8 Å². The molecule has 0 radical (unpaired) electrons. The zero-order valence-electron chi connectivity index (χ0n) is 16.7. The second-order valence-corrected chi connectivity index (χ2v) is 9.06. The second kappa shape index (κ2) is 8.46. The van der Waals surface area contributed by atoms with E-state index in [1.165, 1.54) is 23.7 Å². The van der Waals surface area contributed by atoms with Gasteiger partial charge < -0.3 is 9.32 Å². The van der Waals surface area contributed by atoms with Crippen molar-refractivity contribution in [1.82, 2.24) is 15.1 Å². The predicted octanol–water partition coefficient (Wildman–Crippen LogP) is 4.92. The van der Waals surface area contributed by atoms with E-state index in [4.69, 9.17) is 4.42 Å². The number of rotatable bonds is 5. The fourth-order valence-electron chi connectivity index (χ4n) is 3.46. The van der Waals surface area contributed by atoms with Crippen LogP contribution in [0, 0.1) is 0 Å². The van der Waals surface area contributed by atoms with Gasteiger partial charge in [0.2, 0.25) is 11.8 Å². The molecule has 2 aromatic rings. The van der Waals surface area contributed by atoms with E-state index < -0.39 is 0 Å². The number of amides is 1. The number of benzene rings is 1. The first-order chi connectivity index (χ1) is 12.9. The van der Waals surface area contributed by atoms with E-state index in [1.807, 2.05) is 17.0 Å². The molecule has 1 saturated heterocycles. The molecule has 1 aromatic heterocycles. The first-order valence-electron chi connectivity index (χ1n) is 9.75. The van der Waals surface area contributed by atoms with E-state index in [0.29, 0.717) is 22.9 Å². The monoisotopic (exact) mass is 387 g/mol. The lowest BCUT2D eigenvalue weighted by Crippen LogP contribution is -2.44. The number of hydrogen-bond donors (Lipinski definition) is 0. The molecule has 1 fully saturated rings. The van der Waals surface area contributed by atoms with Crippen molar-refractivity contribution in [1.29, 1.82) is 0 Å². The fraction of sp³-hybridized carbons (Fsp3) is 0.571. The molecule has 0 N–H and O–H groups in total.